The summed E-state index contributed by atoms with van der Waals surface area (Å²) in [7, 11) is -5.34. The van der Waals surface area contributed by atoms with E-state index < -0.39 is 34.2 Å². The van der Waals surface area contributed by atoms with Crippen LogP contribution in [0.5, 0.6) is 0 Å². The molecule has 0 N–H and O–H groups in total. The molecule has 0 saturated heterocycles. The fourth-order valence-corrected chi connectivity index (χ4v) is 17.9. The van der Waals surface area contributed by atoms with E-state index in [0.717, 1.165) is 0 Å². The summed E-state index contributed by atoms with van der Waals surface area (Å²) >= 11 is 0. The quantitative estimate of drug-likeness (QED) is 0.634. The standard InChI is InChI=1S/C10H30O5Si4/c1-11-16(3,4)13-18(7,8)15-19(9,10)14-17(5,6)12-2/h1-10H3. The predicted octanol–water partition coefficient (Wildman–Crippen LogP) is 3.14. The Balaban J connectivity index is 4.72. The molecule has 0 aromatic rings. The fraction of sp³-hybridized carbons (Fsp3) is 1.00. The molecule has 0 aliphatic carbocycles. The molecule has 0 aliphatic heterocycles. The molecular formula is C10H30O5Si4. The van der Waals surface area contributed by atoms with Gasteiger partial charge in [-0.3, -0.25) is 0 Å². The first-order valence-electron chi connectivity index (χ1n) is 6.45. The largest absolute Gasteiger partial charge is 0.416 e. The maximum absolute atomic E-state index is 6.24. The van der Waals surface area contributed by atoms with Crippen molar-refractivity contribution in [1.29, 1.82) is 0 Å². The average Bonchev–Trinajstić information content (AvgIpc) is 2.12. The van der Waals surface area contributed by atoms with Gasteiger partial charge in [0.25, 0.3) is 0 Å². The molecule has 5 nitrogen and oxygen atoms in total. The van der Waals surface area contributed by atoms with E-state index in [1.54, 1.807) is 14.2 Å². The molecule has 0 rings (SSSR count). The molecule has 0 aromatic heterocycles. The fourth-order valence-electron chi connectivity index (χ4n) is 1.90. The highest BCUT2D eigenvalue weighted by Crippen LogP contribution is 2.24. The van der Waals surface area contributed by atoms with Crippen LogP contribution in [-0.4, -0.2) is 48.5 Å². The molecule has 9 heteroatoms. The summed E-state index contributed by atoms with van der Waals surface area (Å²) in [5, 5.41) is 0. The van der Waals surface area contributed by atoms with Crippen LogP contribution in [0.3, 0.4) is 0 Å². The summed E-state index contributed by atoms with van der Waals surface area (Å²) in [5.41, 5.74) is 0. The van der Waals surface area contributed by atoms with Crippen LogP contribution >= 0.6 is 0 Å². The van der Waals surface area contributed by atoms with Gasteiger partial charge >= 0.3 is 34.2 Å². The molecule has 0 fully saturated rings. The second-order valence-corrected chi connectivity index (χ2v) is 20.8. The van der Waals surface area contributed by atoms with Gasteiger partial charge in [0.2, 0.25) is 0 Å². The SMILES string of the molecule is CO[Si](C)(C)O[Si](C)(C)O[Si](C)(C)O[Si](C)(C)OC. The Morgan fingerprint density at radius 2 is 0.632 bits per heavy atom. The van der Waals surface area contributed by atoms with Crippen molar-refractivity contribution in [3.8, 4) is 0 Å². The van der Waals surface area contributed by atoms with Crippen molar-refractivity contribution in [1.82, 2.24) is 0 Å². The van der Waals surface area contributed by atoms with Gasteiger partial charge in [0.1, 0.15) is 0 Å². The normalized spacial score (nSPS) is 14.8. The molecule has 0 atom stereocenters. The molecule has 0 radical (unpaired) electrons. The van der Waals surface area contributed by atoms with Crippen LogP contribution in [0.2, 0.25) is 52.4 Å². The zero-order chi connectivity index (χ0) is 15.5. The van der Waals surface area contributed by atoms with Gasteiger partial charge < -0.3 is 21.2 Å². The lowest BCUT2D eigenvalue weighted by molar-refractivity contribution is 0.246. The predicted molar refractivity (Wildman–Crippen MR) is 87.2 cm³/mol. The summed E-state index contributed by atoms with van der Waals surface area (Å²) in [4.78, 5) is 0. The van der Waals surface area contributed by atoms with Crippen molar-refractivity contribution in [2.45, 2.75) is 52.4 Å². The molecular weight excluding hydrogens is 312 g/mol. The van der Waals surface area contributed by atoms with Crippen molar-refractivity contribution in [2.75, 3.05) is 14.2 Å². The summed E-state index contributed by atoms with van der Waals surface area (Å²) in [5.74, 6) is 0. The Bertz CT molecular complexity index is 266. The second-order valence-electron chi connectivity index (χ2n) is 6.31. The van der Waals surface area contributed by atoms with E-state index >= 15 is 0 Å². The van der Waals surface area contributed by atoms with Crippen molar-refractivity contribution in [3.63, 3.8) is 0 Å². The lowest BCUT2D eigenvalue weighted by Gasteiger charge is -2.39. The summed E-state index contributed by atoms with van der Waals surface area (Å²) in [6, 6.07) is 0. The van der Waals surface area contributed by atoms with Crippen LogP contribution < -0.4 is 0 Å². The van der Waals surface area contributed by atoms with Crippen LogP contribution in [0, 0.1) is 0 Å². The van der Waals surface area contributed by atoms with Crippen LogP contribution in [0.25, 0.3) is 0 Å². The van der Waals surface area contributed by atoms with Gasteiger partial charge in [-0.2, -0.15) is 0 Å². The number of hydrogen-bond acceptors (Lipinski definition) is 5. The van der Waals surface area contributed by atoms with Gasteiger partial charge in [0.05, 0.1) is 0 Å². The lowest BCUT2D eigenvalue weighted by atomic mass is 11.8. The van der Waals surface area contributed by atoms with E-state index in [1.807, 2.05) is 52.4 Å². The molecule has 19 heavy (non-hydrogen) atoms. The molecule has 0 bridgehead atoms. The van der Waals surface area contributed by atoms with Crippen LogP contribution in [-0.2, 0) is 21.2 Å². The topological polar surface area (TPSA) is 46.2 Å². The highest BCUT2D eigenvalue weighted by molar-refractivity contribution is 6.87. The van der Waals surface area contributed by atoms with Crippen LogP contribution in [0.4, 0.5) is 0 Å². The van der Waals surface area contributed by atoms with Gasteiger partial charge in [0.15, 0.2) is 0 Å². The Labute approximate surface area is 122 Å². The molecule has 0 aliphatic rings. The van der Waals surface area contributed by atoms with Gasteiger partial charge in [-0.05, 0) is 52.4 Å². The lowest BCUT2D eigenvalue weighted by Crippen LogP contribution is -2.57. The number of hydrogen-bond donors (Lipinski definition) is 0. The molecule has 0 amide bonds. The third kappa shape index (κ3) is 8.52. The molecule has 0 heterocycles. The van der Waals surface area contributed by atoms with Gasteiger partial charge in [-0.1, -0.05) is 0 Å². The minimum Gasteiger partial charge on any atom is -0.416 e. The van der Waals surface area contributed by atoms with Crippen LogP contribution in [0.1, 0.15) is 0 Å². The Hall–Kier alpha value is 0.668. The van der Waals surface area contributed by atoms with E-state index in [4.69, 9.17) is 21.2 Å². The van der Waals surface area contributed by atoms with E-state index in [-0.39, 0.29) is 0 Å². The highest BCUT2D eigenvalue weighted by Gasteiger charge is 2.44. The smallest absolute Gasteiger partial charge is 0.322 e. The summed E-state index contributed by atoms with van der Waals surface area (Å²) < 4.78 is 29.4. The third-order valence-electron chi connectivity index (χ3n) is 2.46. The summed E-state index contributed by atoms with van der Waals surface area (Å²) in [6.07, 6.45) is 0. The van der Waals surface area contributed by atoms with E-state index in [0.29, 0.717) is 0 Å². The zero-order valence-electron chi connectivity index (χ0n) is 14.0. The molecule has 0 unspecified atom stereocenters. The Morgan fingerprint density at radius 3 is 0.842 bits per heavy atom. The van der Waals surface area contributed by atoms with Crippen LogP contribution in [0.15, 0.2) is 0 Å². The first kappa shape index (κ1) is 19.7. The first-order valence-corrected chi connectivity index (χ1v) is 17.7. The zero-order valence-corrected chi connectivity index (χ0v) is 18.0. The maximum atomic E-state index is 6.24. The monoisotopic (exact) mass is 342 g/mol. The second kappa shape index (κ2) is 6.62. The van der Waals surface area contributed by atoms with Gasteiger partial charge in [-0.25, -0.2) is 0 Å². The number of rotatable bonds is 8. The summed E-state index contributed by atoms with van der Waals surface area (Å²) in [6.45, 7) is 16.3. The molecule has 116 valence electrons. The van der Waals surface area contributed by atoms with Crippen molar-refractivity contribution in [3.05, 3.63) is 0 Å². The average molecular weight is 343 g/mol. The van der Waals surface area contributed by atoms with E-state index in [2.05, 4.69) is 0 Å². The maximum Gasteiger partial charge on any atom is 0.322 e. The van der Waals surface area contributed by atoms with E-state index in [9.17, 15) is 0 Å². The minimum atomic E-state index is -2.27. The van der Waals surface area contributed by atoms with Gasteiger partial charge in [-0.15, -0.1) is 0 Å². The Morgan fingerprint density at radius 1 is 0.421 bits per heavy atom. The molecule has 0 spiro atoms. The Kier molecular flexibility index (Phi) is 6.85. The third-order valence-corrected chi connectivity index (χ3v) is 16.2. The van der Waals surface area contributed by atoms with Crippen molar-refractivity contribution < 1.29 is 21.2 Å². The molecule has 0 saturated carbocycles. The minimum absolute atomic E-state index is 1.69. The van der Waals surface area contributed by atoms with Crippen molar-refractivity contribution in [2.24, 2.45) is 0 Å². The molecule has 0 aromatic carbocycles. The van der Waals surface area contributed by atoms with Crippen molar-refractivity contribution >= 4 is 34.2 Å². The highest BCUT2D eigenvalue weighted by atomic mass is 28.5. The van der Waals surface area contributed by atoms with E-state index in [1.165, 1.54) is 0 Å². The van der Waals surface area contributed by atoms with Gasteiger partial charge in [0, 0.05) is 14.2 Å². The first-order chi connectivity index (χ1) is 8.24.